The Bertz CT molecular complexity index is 770. The smallest absolute Gasteiger partial charge is 0.339 e. The van der Waals surface area contributed by atoms with E-state index in [2.05, 4.69) is 10.6 Å². The second-order valence-corrected chi connectivity index (χ2v) is 7.54. The molecule has 156 valence electrons. The molecule has 0 unspecified atom stereocenters. The van der Waals surface area contributed by atoms with Crippen molar-refractivity contribution in [1.29, 1.82) is 0 Å². The number of urea groups is 1. The van der Waals surface area contributed by atoms with Gasteiger partial charge >= 0.3 is 12.0 Å². The van der Waals surface area contributed by atoms with Gasteiger partial charge in [0.1, 0.15) is 0 Å². The van der Waals surface area contributed by atoms with Gasteiger partial charge in [-0.25, -0.2) is 9.59 Å². The van der Waals surface area contributed by atoms with E-state index in [1.54, 1.807) is 31.2 Å². The summed E-state index contributed by atoms with van der Waals surface area (Å²) < 4.78 is 5.37. The Balaban J connectivity index is 1.62. The molecule has 1 aromatic rings. The lowest BCUT2D eigenvalue weighted by molar-refractivity contribution is -0.130. The Morgan fingerprint density at radius 2 is 1.86 bits per heavy atom. The van der Waals surface area contributed by atoms with Crippen molar-refractivity contribution in [2.75, 3.05) is 6.54 Å². The number of hydrogen-bond acceptors (Lipinski definition) is 5. The van der Waals surface area contributed by atoms with Crippen LogP contribution in [0, 0.1) is 0 Å². The Labute approximate surface area is 170 Å². The summed E-state index contributed by atoms with van der Waals surface area (Å²) in [6.45, 7) is 1.46. The molecule has 2 N–H and O–H groups in total. The lowest BCUT2D eigenvalue weighted by Crippen LogP contribution is -2.42. The first kappa shape index (κ1) is 20.8. The third kappa shape index (κ3) is 5.34. The molecule has 1 saturated heterocycles. The fourth-order valence-corrected chi connectivity index (χ4v) is 3.66. The van der Waals surface area contributed by atoms with E-state index in [0.717, 1.165) is 30.6 Å². The average Bonchev–Trinajstić information content (AvgIpc) is 2.90. The first-order chi connectivity index (χ1) is 14.0. The number of hydrogen-bond donors (Lipinski definition) is 2. The summed E-state index contributed by atoms with van der Waals surface area (Å²) in [6.07, 6.45) is 5.51. The highest BCUT2D eigenvalue weighted by molar-refractivity contribution is 6.02. The van der Waals surface area contributed by atoms with Crippen LogP contribution in [0.1, 0.15) is 61.4 Å². The van der Waals surface area contributed by atoms with Gasteiger partial charge in [0.05, 0.1) is 18.7 Å². The molecule has 2 aliphatic rings. The van der Waals surface area contributed by atoms with Crippen molar-refractivity contribution < 1.29 is 23.9 Å². The second kappa shape index (κ2) is 9.54. The van der Waals surface area contributed by atoms with E-state index in [1.165, 1.54) is 12.8 Å². The number of carbonyl (C=O) groups is 4. The molecule has 0 radical (unpaired) electrons. The minimum absolute atomic E-state index is 0.0292. The number of ether oxygens (including phenoxy) is 1. The van der Waals surface area contributed by atoms with Crippen LogP contribution in [-0.4, -0.2) is 47.4 Å². The Kier molecular flexibility index (Phi) is 6.85. The summed E-state index contributed by atoms with van der Waals surface area (Å²) >= 11 is 0. The minimum Gasteiger partial charge on any atom is -0.449 e. The summed E-state index contributed by atoms with van der Waals surface area (Å²) in [5, 5.41) is 5.43. The maximum absolute atomic E-state index is 12.7. The normalized spacial score (nSPS) is 18.7. The Morgan fingerprint density at radius 3 is 2.52 bits per heavy atom. The van der Waals surface area contributed by atoms with Gasteiger partial charge in [-0.1, -0.05) is 43.9 Å². The minimum atomic E-state index is -0.935. The van der Waals surface area contributed by atoms with E-state index in [0.29, 0.717) is 5.56 Å². The van der Waals surface area contributed by atoms with Crippen LogP contribution >= 0.6 is 0 Å². The molecule has 0 aromatic heterocycles. The third-order valence-electron chi connectivity index (χ3n) is 5.36. The number of benzene rings is 1. The number of carbonyl (C=O) groups excluding carboxylic acids is 4. The molecule has 1 heterocycles. The highest BCUT2D eigenvalue weighted by Crippen LogP contribution is 2.18. The van der Waals surface area contributed by atoms with Crippen LogP contribution in [0.5, 0.6) is 0 Å². The number of imide groups is 1. The number of rotatable bonds is 6. The lowest BCUT2D eigenvalue weighted by Gasteiger charge is -2.20. The molecule has 0 bridgehead atoms. The first-order valence-corrected chi connectivity index (χ1v) is 10.1. The number of esters is 1. The van der Waals surface area contributed by atoms with Crippen molar-refractivity contribution in [2.45, 2.75) is 64.1 Å². The van der Waals surface area contributed by atoms with Gasteiger partial charge in [-0.2, -0.15) is 0 Å². The number of nitrogens with zero attached hydrogens (tertiary/aromatic N) is 1. The van der Waals surface area contributed by atoms with Gasteiger partial charge in [-0.05, 0) is 31.4 Å². The van der Waals surface area contributed by atoms with Gasteiger partial charge in [-0.15, -0.1) is 0 Å². The Morgan fingerprint density at radius 1 is 1.17 bits per heavy atom. The van der Waals surface area contributed by atoms with Crippen LogP contribution in [-0.2, 0) is 20.9 Å². The second-order valence-electron chi connectivity index (χ2n) is 7.54. The van der Waals surface area contributed by atoms with E-state index in [4.69, 9.17) is 4.74 Å². The summed E-state index contributed by atoms with van der Waals surface area (Å²) in [5.41, 5.74) is 0.716. The van der Waals surface area contributed by atoms with Crippen molar-refractivity contribution in [1.82, 2.24) is 15.5 Å². The molecule has 8 heteroatoms. The highest BCUT2D eigenvalue weighted by atomic mass is 16.5. The summed E-state index contributed by atoms with van der Waals surface area (Å²) in [4.78, 5) is 49.8. The molecule has 3 rings (SSSR count). The van der Waals surface area contributed by atoms with Gasteiger partial charge in [0.15, 0.2) is 6.10 Å². The van der Waals surface area contributed by atoms with Gasteiger partial charge in [0.2, 0.25) is 5.91 Å². The van der Waals surface area contributed by atoms with Crippen molar-refractivity contribution in [2.24, 2.45) is 0 Å². The molecule has 29 heavy (non-hydrogen) atoms. The predicted octanol–water partition coefficient (Wildman–Crippen LogP) is 2.12. The molecule has 1 aliphatic heterocycles. The van der Waals surface area contributed by atoms with E-state index in [1.807, 2.05) is 0 Å². The van der Waals surface area contributed by atoms with Crippen LogP contribution in [0.15, 0.2) is 24.3 Å². The number of nitrogens with one attached hydrogen (secondary N) is 2. The Hall–Kier alpha value is -2.90. The summed E-state index contributed by atoms with van der Waals surface area (Å²) in [6, 6.07) is 6.24. The topological polar surface area (TPSA) is 105 Å². The molecule has 2 fully saturated rings. The van der Waals surface area contributed by atoms with Gasteiger partial charge in [0, 0.05) is 6.04 Å². The van der Waals surface area contributed by atoms with Gasteiger partial charge in [-0.3, -0.25) is 14.5 Å². The van der Waals surface area contributed by atoms with E-state index < -0.39 is 18.1 Å². The molecule has 1 aliphatic carbocycles. The monoisotopic (exact) mass is 401 g/mol. The van der Waals surface area contributed by atoms with Gasteiger partial charge in [0.25, 0.3) is 5.91 Å². The molecule has 1 saturated carbocycles. The average molecular weight is 401 g/mol. The lowest BCUT2D eigenvalue weighted by atomic mass is 10.1. The van der Waals surface area contributed by atoms with Gasteiger partial charge < -0.3 is 15.4 Å². The standard InChI is InChI=1S/C21H27N3O5/c1-14(19(26)23-16-9-4-2-3-5-10-16)29-20(27)17-11-7-6-8-15(17)13-24-18(25)12-22-21(24)28/h6-8,11,14,16H,2-5,9-10,12-13H2,1H3,(H,22,28)(H,23,26)/t14-/m0/s1. The third-order valence-corrected chi connectivity index (χ3v) is 5.36. The summed E-state index contributed by atoms with van der Waals surface area (Å²) in [5.74, 6) is -1.32. The van der Waals surface area contributed by atoms with E-state index in [9.17, 15) is 19.2 Å². The molecule has 1 atom stereocenters. The molecule has 4 amide bonds. The maximum atomic E-state index is 12.7. The molecular formula is C21H27N3O5. The van der Waals surface area contributed by atoms with Crippen molar-refractivity contribution in [3.8, 4) is 0 Å². The van der Waals surface area contributed by atoms with Crippen LogP contribution in [0.25, 0.3) is 0 Å². The zero-order chi connectivity index (χ0) is 20.8. The highest BCUT2D eigenvalue weighted by Gasteiger charge is 2.30. The zero-order valence-electron chi connectivity index (χ0n) is 16.6. The molecule has 8 nitrogen and oxygen atoms in total. The van der Waals surface area contributed by atoms with Crippen LogP contribution < -0.4 is 10.6 Å². The molecular weight excluding hydrogens is 374 g/mol. The van der Waals surface area contributed by atoms with Crippen molar-refractivity contribution in [3.05, 3.63) is 35.4 Å². The SMILES string of the molecule is C[C@H](OC(=O)c1ccccc1CN1C(=O)CNC1=O)C(=O)NC1CCCCCC1. The molecule has 1 aromatic carbocycles. The quantitative estimate of drug-likeness (QED) is 0.432. The van der Waals surface area contributed by atoms with E-state index in [-0.39, 0.29) is 36.5 Å². The summed E-state index contributed by atoms with van der Waals surface area (Å²) in [7, 11) is 0. The first-order valence-electron chi connectivity index (χ1n) is 10.1. The number of amides is 4. The van der Waals surface area contributed by atoms with Crippen molar-refractivity contribution in [3.63, 3.8) is 0 Å². The van der Waals surface area contributed by atoms with Crippen LogP contribution in [0.3, 0.4) is 0 Å². The van der Waals surface area contributed by atoms with Crippen LogP contribution in [0.2, 0.25) is 0 Å². The largest absolute Gasteiger partial charge is 0.449 e. The maximum Gasteiger partial charge on any atom is 0.339 e. The van der Waals surface area contributed by atoms with Crippen molar-refractivity contribution >= 4 is 23.8 Å². The molecule has 0 spiro atoms. The predicted molar refractivity (Wildman–Crippen MR) is 105 cm³/mol. The zero-order valence-corrected chi connectivity index (χ0v) is 16.6. The fourth-order valence-electron chi connectivity index (χ4n) is 3.66. The van der Waals surface area contributed by atoms with E-state index >= 15 is 0 Å². The van der Waals surface area contributed by atoms with Crippen LogP contribution in [0.4, 0.5) is 4.79 Å². The fraction of sp³-hybridized carbons (Fsp3) is 0.524.